The summed E-state index contributed by atoms with van der Waals surface area (Å²) >= 11 is 0. The van der Waals surface area contributed by atoms with Crippen LogP contribution in [0.15, 0.2) is 23.1 Å². The van der Waals surface area contributed by atoms with Crippen LogP contribution in [0, 0.1) is 5.92 Å². The lowest BCUT2D eigenvalue weighted by Gasteiger charge is -2.13. The molecule has 1 aromatic rings. The average Bonchev–Trinajstić information content (AvgIpc) is 2.44. The third-order valence-electron chi connectivity index (χ3n) is 3.05. The molecule has 0 heterocycles. The first-order chi connectivity index (χ1) is 10.3. The number of unbranched alkanes of at least 4 members (excludes halogenated alkanes) is 1. The highest BCUT2D eigenvalue weighted by molar-refractivity contribution is 7.89. The Balaban J connectivity index is 3.04. The molecule has 0 aliphatic heterocycles. The molecule has 7 heteroatoms. The molecule has 6 nitrogen and oxygen atoms in total. The van der Waals surface area contributed by atoms with Crippen LogP contribution in [-0.4, -0.2) is 32.6 Å². The SMILES string of the molecule is CCCCNS(=O)(=O)c1ccc(NCC(C)C)c(C(=O)O)c1. The van der Waals surface area contributed by atoms with Crippen molar-refractivity contribution in [2.24, 2.45) is 5.92 Å². The maximum absolute atomic E-state index is 12.1. The summed E-state index contributed by atoms with van der Waals surface area (Å²) in [4.78, 5) is 11.3. The number of anilines is 1. The second-order valence-electron chi connectivity index (χ2n) is 5.54. The van der Waals surface area contributed by atoms with Crippen molar-refractivity contribution in [2.75, 3.05) is 18.4 Å². The van der Waals surface area contributed by atoms with E-state index in [1.165, 1.54) is 18.2 Å². The molecular formula is C15H24N2O4S. The Morgan fingerprint density at radius 1 is 1.32 bits per heavy atom. The molecule has 0 aromatic heterocycles. The van der Waals surface area contributed by atoms with E-state index in [1.54, 1.807) is 0 Å². The van der Waals surface area contributed by atoms with E-state index in [0.717, 1.165) is 12.8 Å². The smallest absolute Gasteiger partial charge is 0.337 e. The summed E-state index contributed by atoms with van der Waals surface area (Å²) in [6.07, 6.45) is 1.61. The fourth-order valence-corrected chi connectivity index (χ4v) is 2.90. The van der Waals surface area contributed by atoms with E-state index in [4.69, 9.17) is 0 Å². The number of sulfonamides is 1. The van der Waals surface area contributed by atoms with Crippen LogP contribution in [0.3, 0.4) is 0 Å². The van der Waals surface area contributed by atoms with Gasteiger partial charge >= 0.3 is 5.97 Å². The molecule has 124 valence electrons. The predicted octanol–water partition coefficient (Wildman–Crippen LogP) is 2.53. The summed E-state index contributed by atoms with van der Waals surface area (Å²) in [6, 6.07) is 4.11. The van der Waals surface area contributed by atoms with Crippen LogP contribution in [-0.2, 0) is 10.0 Å². The Kier molecular flexibility index (Phi) is 6.83. The molecule has 0 atom stereocenters. The summed E-state index contributed by atoms with van der Waals surface area (Å²) in [7, 11) is -3.68. The topological polar surface area (TPSA) is 95.5 Å². The first kappa shape index (κ1) is 18.4. The number of benzene rings is 1. The normalized spacial score (nSPS) is 11.6. The molecule has 0 amide bonds. The van der Waals surface area contributed by atoms with Gasteiger partial charge in [-0.2, -0.15) is 0 Å². The number of rotatable bonds is 9. The molecule has 22 heavy (non-hydrogen) atoms. The zero-order valence-corrected chi connectivity index (χ0v) is 14.0. The van der Waals surface area contributed by atoms with Gasteiger partial charge in [0, 0.05) is 18.8 Å². The number of aromatic carboxylic acids is 1. The van der Waals surface area contributed by atoms with Crippen LogP contribution >= 0.6 is 0 Å². The highest BCUT2D eigenvalue weighted by atomic mass is 32.2. The van der Waals surface area contributed by atoms with E-state index in [0.29, 0.717) is 24.7 Å². The number of carboxylic acids is 1. The number of hydrogen-bond acceptors (Lipinski definition) is 4. The first-order valence-electron chi connectivity index (χ1n) is 7.38. The number of carboxylic acid groups (broad SMARTS) is 1. The summed E-state index contributed by atoms with van der Waals surface area (Å²) in [5.41, 5.74) is 0.382. The van der Waals surface area contributed by atoms with Gasteiger partial charge in [0.2, 0.25) is 10.0 Å². The first-order valence-corrected chi connectivity index (χ1v) is 8.87. The highest BCUT2D eigenvalue weighted by Gasteiger charge is 2.18. The molecule has 0 bridgehead atoms. The minimum absolute atomic E-state index is 0.0314. The van der Waals surface area contributed by atoms with Gasteiger partial charge < -0.3 is 10.4 Å². The molecule has 0 spiro atoms. The minimum Gasteiger partial charge on any atom is -0.478 e. The monoisotopic (exact) mass is 328 g/mol. The van der Waals surface area contributed by atoms with E-state index in [9.17, 15) is 18.3 Å². The van der Waals surface area contributed by atoms with Crippen molar-refractivity contribution in [1.82, 2.24) is 4.72 Å². The second-order valence-corrected chi connectivity index (χ2v) is 7.31. The van der Waals surface area contributed by atoms with Crippen molar-refractivity contribution >= 4 is 21.7 Å². The molecule has 0 fully saturated rings. The Bertz CT molecular complexity index is 612. The zero-order chi connectivity index (χ0) is 16.8. The van der Waals surface area contributed by atoms with Crippen LogP contribution in [0.1, 0.15) is 44.0 Å². The molecule has 0 aliphatic rings. The Morgan fingerprint density at radius 2 is 2.00 bits per heavy atom. The molecule has 0 unspecified atom stereocenters. The summed E-state index contributed by atoms with van der Waals surface area (Å²) in [5.74, 6) is -0.808. The van der Waals surface area contributed by atoms with Gasteiger partial charge in [-0.1, -0.05) is 27.2 Å². The number of nitrogens with one attached hydrogen (secondary N) is 2. The van der Waals surface area contributed by atoms with Crippen LogP contribution in [0.25, 0.3) is 0 Å². The third-order valence-corrected chi connectivity index (χ3v) is 4.51. The molecule has 3 N–H and O–H groups in total. The van der Waals surface area contributed by atoms with Crippen molar-refractivity contribution in [3.05, 3.63) is 23.8 Å². The molecule has 0 saturated carbocycles. The molecule has 0 aliphatic carbocycles. The van der Waals surface area contributed by atoms with Crippen molar-refractivity contribution in [3.63, 3.8) is 0 Å². The predicted molar refractivity (Wildman–Crippen MR) is 86.8 cm³/mol. The third kappa shape index (κ3) is 5.31. The van der Waals surface area contributed by atoms with Gasteiger partial charge in [0.15, 0.2) is 0 Å². The maximum atomic E-state index is 12.1. The zero-order valence-electron chi connectivity index (χ0n) is 13.2. The van der Waals surface area contributed by atoms with Gasteiger partial charge in [0.1, 0.15) is 0 Å². The lowest BCUT2D eigenvalue weighted by atomic mass is 10.1. The Morgan fingerprint density at radius 3 is 2.55 bits per heavy atom. The van der Waals surface area contributed by atoms with E-state index < -0.39 is 16.0 Å². The fraction of sp³-hybridized carbons (Fsp3) is 0.533. The van der Waals surface area contributed by atoms with Crippen LogP contribution in [0.2, 0.25) is 0 Å². The Hall–Kier alpha value is -1.60. The second kappa shape index (κ2) is 8.14. The Labute approximate surface area is 132 Å². The molecule has 0 radical (unpaired) electrons. The van der Waals surface area contributed by atoms with Gasteiger partial charge in [0.25, 0.3) is 0 Å². The van der Waals surface area contributed by atoms with Crippen LogP contribution < -0.4 is 10.0 Å². The maximum Gasteiger partial charge on any atom is 0.337 e. The van der Waals surface area contributed by atoms with E-state index in [1.807, 2.05) is 20.8 Å². The summed E-state index contributed by atoms with van der Waals surface area (Å²) in [6.45, 7) is 6.93. The van der Waals surface area contributed by atoms with E-state index in [-0.39, 0.29) is 10.5 Å². The molecule has 0 saturated heterocycles. The largest absolute Gasteiger partial charge is 0.478 e. The van der Waals surface area contributed by atoms with Gasteiger partial charge in [0.05, 0.1) is 10.5 Å². The summed E-state index contributed by atoms with van der Waals surface area (Å²) in [5, 5.41) is 12.3. The molecule has 1 aromatic carbocycles. The lowest BCUT2D eigenvalue weighted by Crippen LogP contribution is -2.25. The minimum atomic E-state index is -3.68. The van der Waals surface area contributed by atoms with Gasteiger partial charge in [-0.05, 0) is 30.5 Å². The van der Waals surface area contributed by atoms with Crippen LogP contribution in [0.5, 0.6) is 0 Å². The van der Waals surface area contributed by atoms with Crippen molar-refractivity contribution in [3.8, 4) is 0 Å². The average molecular weight is 328 g/mol. The molecular weight excluding hydrogens is 304 g/mol. The number of hydrogen-bond donors (Lipinski definition) is 3. The van der Waals surface area contributed by atoms with Crippen molar-refractivity contribution < 1.29 is 18.3 Å². The quantitative estimate of drug-likeness (QED) is 0.605. The van der Waals surface area contributed by atoms with Gasteiger partial charge in [-0.3, -0.25) is 0 Å². The lowest BCUT2D eigenvalue weighted by molar-refractivity contribution is 0.0697. The van der Waals surface area contributed by atoms with E-state index >= 15 is 0 Å². The molecule has 1 rings (SSSR count). The van der Waals surface area contributed by atoms with Crippen LogP contribution in [0.4, 0.5) is 5.69 Å². The van der Waals surface area contributed by atoms with Gasteiger partial charge in [-0.25, -0.2) is 17.9 Å². The van der Waals surface area contributed by atoms with Crippen molar-refractivity contribution in [2.45, 2.75) is 38.5 Å². The standard InChI is InChI=1S/C15H24N2O4S/c1-4-5-8-17-22(20,21)12-6-7-14(16-10-11(2)3)13(9-12)15(18)19/h6-7,9,11,16-17H,4-5,8,10H2,1-3H3,(H,18,19). The van der Waals surface area contributed by atoms with Gasteiger partial charge in [-0.15, -0.1) is 0 Å². The fourth-order valence-electron chi connectivity index (χ4n) is 1.80. The highest BCUT2D eigenvalue weighted by Crippen LogP contribution is 2.21. The summed E-state index contributed by atoms with van der Waals surface area (Å²) < 4.78 is 26.7. The number of carbonyl (C=O) groups is 1. The van der Waals surface area contributed by atoms with E-state index in [2.05, 4.69) is 10.0 Å². The van der Waals surface area contributed by atoms with Crippen molar-refractivity contribution in [1.29, 1.82) is 0 Å².